The average Bonchev–Trinajstić information content (AvgIpc) is 3.47. The maximum absolute atomic E-state index is 14.2. The number of amides is 1. The van der Waals surface area contributed by atoms with Crippen LogP contribution in [0, 0.1) is 27.7 Å². The Labute approximate surface area is 260 Å². The highest BCUT2D eigenvalue weighted by atomic mass is 32.1. The summed E-state index contributed by atoms with van der Waals surface area (Å²) in [5.41, 5.74) is 8.54. The van der Waals surface area contributed by atoms with Crippen LogP contribution in [0.25, 0.3) is 11.8 Å². The van der Waals surface area contributed by atoms with Gasteiger partial charge in [-0.15, -0.1) is 0 Å². The summed E-state index contributed by atoms with van der Waals surface area (Å²) in [4.78, 5) is 33.6. The summed E-state index contributed by atoms with van der Waals surface area (Å²) in [7, 11) is 1.61. The normalized spacial score (nSPS) is 14.8. The smallest absolute Gasteiger partial charge is 0.271 e. The zero-order chi connectivity index (χ0) is 31.1. The number of aromatic nitrogens is 2. The van der Waals surface area contributed by atoms with Crippen molar-refractivity contribution in [2.45, 2.75) is 40.7 Å². The number of anilines is 1. The van der Waals surface area contributed by atoms with E-state index in [2.05, 4.69) is 41.9 Å². The van der Waals surface area contributed by atoms with Crippen LogP contribution in [0.3, 0.4) is 0 Å². The molecule has 1 atom stereocenters. The molecule has 2 aromatic heterocycles. The zero-order valence-electron chi connectivity index (χ0n) is 25.6. The van der Waals surface area contributed by atoms with Gasteiger partial charge in [0, 0.05) is 22.8 Å². The molecule has 222 valence electrons. The summed E-state index contributed by atoms with van der Waals surface area (Å²) >= 11 is 1.34. The molecule has 1 amide bonds. The van der Waals surface area contributed by atoms with Crippen molar-refractivity contribution in [1.82, 2.24) is 9.13 Å². The second-order valence-electron chi connectivity index (χ2n) is 11.1. The summed E-state index contributed by atoms with van der Waals surface area (Å²) in [6.45, 7) is 9.94. The number of thiazole rings is 1. The Bertz CT molecular complexity index is 2120. The minimum Gasteiger partial charge on any atom is -0.497 e. The second-order valence-corrected chi connectivity index (χ2v) is 12.1. The van der Waals surface area contributed by atoms with E-state index in [1.807, 2.05) is 87.5 Å². The van der Waals surface area contributed by atoms with E-state index >= 15 is 0 Å². The number of fused-ring (bicyclic) bond motifs is 1. The van der Waals surface area contributed by atoms with Gasteiger partial charge in [0.25, 0.3) is 11.5 Å². The predicted molar refractivity (Wildman–Crippen MR) is 177 cm³/mol. The lowest BCUT2D eigenvalue weighted by Gasteiger charge is -2.25. The molecule has 5 aromatic rings. The number of rotatable bonds is 6. The van der Waals surface area contributed by atoms with Crippen LogP contribution < -0.4 is 24.9 Å². The number of hydrogen-bond acceptors (Lipinski definition) is 5. The Morgan fingerprint density at radius 2 is 1.68 bits per heavy atom. The van der Waals surface area contributed by atoms with Gasteiger partial charge in [-0.25, -0.2) is 4.99 Å². The van der Waals surface area contributed by atoms with Gasteiger partial charge in [0.15, 0.2) is 4.80 Å². The van der Waals surface area contributed by atoms with Gasteiger partial charge < -0.3 is 14.6 Å². The van der Waals surface area contributed by atoms with Crippen LogP contribution >= 0.6 is 11.3 Å². The van der Waals surface area contributed by atoms with Crippen LogP contribution in [0.15, 0.2) is 99.9 Å². The van der Waals surface area contributed by atoms with Crippen molar-refractivity contribution in [3.8, 4) is 11.4 Å². The van der Waals surface area contributed by atoms with Crippen molar-refractivity contribution in [3.63, 3.8) is 0 Å². The van der Waals surface area contributed by atoms with E-state index in [0.29, 0.717) is 26.4 Å². The molecule has 44 heavy (non-hydrogen) atoms. The van der Waals surface area contributed by atoms with E-state index in [1.54, 1.807) is 11.7 Å². The summed E-state index contributed by atoms with van der Waals surface area (Å²) in [5, 5.41) is 3.08. The molecule has 0 spiro atoms. The van der Waals surface area contributed by atoms with Gasteiger partial charge >= 0.3 is 0 Å². The van der Waals surface area contributed by atoms with Crippen LogP contribution in [0.1, 0.15) is 46.6 Å². The fourth-order valence-corrected chi connectivity index (χ4v) is 6.94. The first-order valence-electron chi connectivity index (χ1n) is 14.5. The van der Waals surface area contributed by atoms with E-state index in [9.17, 15) is 9.59 Å². The quantitative estimate of drug-likeness (QED) is 0.263. The lowest BCUT2D eigenvalue weighted by Crippen LogP contribution is -2.40. The van der Waals surface area contributed by atoms with Gasteiger partial charge in [-0.1, -0.05) is 59.4 Å². The predicted octanol–water partition coefficient (Wildman–Crippen LogP) is 5.91. The molecule has 3 aromatic carbocycles. The molecule has 3 heterocycles. The highest BCUT2D eigenvalue weighted by Gasteiger charge is 2.32. The van der Waals surface area contributed by atoms with Crippen LogP contribution in [0.5, 0.6) is 5.75 Å². The molecule has 8 heteroatoms. The topological polar surface area (TPSA) is 77.6 Å². The van der Waals surface area contributed by atoms with E-state index in [-0.39, 0.29) is 11.5 Å². The Hall–Kier alpha value is -4.95. The highest BCUT2D eigenvalue weighted by Crippen LogP contribution is 2.32. The Balaban J connectivity index is 1.49. The van der Waals surface area contributed by atoms with Gasteiger partial charge in [-0.2, -0.15) is 0 Å². The molecule has 7 nitrogen and oxygen atoms in total. The average molecular weight is 603 g/mol. The number of benzene rings is 3. The van der Waals surface area contributed by atoms with Crippen molar-refractivity contribution in [1.29, 1.82) is 0 Å². The van der Waals surface area contributed by atoms with Crippen molar-refractivity contribution in [2.75, 3.05) is 12.4 Å². The fourth-order valence-electron chi connectivity index (χ4n) is 5.91. The second kappa shape index (κ2) is 11.6. The summed E-state index contributed by atoms with van der Waals surface area (Å²) in [6.07, 6.45) is 1.94. The number of allylic oxidation sites excluding steroid dienone is 1. The number of carbonyl (C=O) groups is 1. The van der Waals surface area contributed by atoms with Crippen LogP contribution in [-0.4, -0.2) is 22.2 Å². The number of hydrogen-bond donors (Lipinski definition) is 1. The molecule has 0 aliphatic carbocycles. The molecule has 1 aliphatic heterocycles. The van der Waals surface area contributed by atoms with Crippen molar-refractivity contribution in [2.24, 2.45) is 4.99 Å². The van der Waals surface area contributed by atoms with Crippen molar-refractivity contribution in [3.05, 3.63) is 143 Å². The van der Waals surface area contributed by atoms with Gasteiger partial charge in [0.2, 0.25) is 0 Å². The standard InChI is InChI=1S/C36H34N4O3S/c1-21-12-17-30(22(2)18-21)38-34(41)32-24(4)37-36-40(33(32)26-13-15-29(43-6)16-14-26)35(42)31(44-36)20-27-19-23(3)39(25(27)5)28-10-8-7-9-11-28/h7-20,33H,1-6H3,(H,38,41)/b31-20-/t33-/m0/s1. The maximum Gasteiger partial charge on any atom is 0.271 e. The molecule has 0 radical (unpaired) electrons. The number of methoxy groups -OCH3 is 1. The maximum atomic E-state index is 14.2. The number of nitrogens with zero attached hydrogens (tertiary/aromatic N) is 3. The third kappa shape index (κ3) is 5.22. The minimum atomic E-state index is -0.665. The number of aryl methyl sites for hydroxylation is 3. The third-order valence-corrected chi connectivity index (χ3v) is 9.08. The first kappa shape index (κ1) is 29.1. The molecule has 6 rings (SSSR count). The number of ether oxygens (including phenoxy) is 1. The number of carbonyl (C=O) groups excluding carboxylic acids is 1. The van der Waals surface area contributed by atoms with E-state index in [1.165, 1.54) is 11.3 Å². The summed E-state index contributed by atoms with van der Waals surface area (Å²) in [6, 6.07) is 25.0. The minimum absolute atomic E-state index is 0.191. The highest BCUT2D eigenvalue weighted by molar-refractivity contribution is 7.07. The molecule has 0 saturated carbocycles. The molecular weight excluding hydrogens is 568 g/mol. The molecule has 0 saturated heterocycles. The monoisotopic (exact) mass is 602 g/mol. The lowest BCUT2D eigenvalue weighted by atomic mass is 9.95. The van der Waals surface area contributed by atoms with Crippen molar-refractivity contribution >= 4 is 29.0 Å². The lowest BCUT2D eigenvalue weighted by molar-refractivity contribution is -0.113. The molecule has 1 aliphatic rings. The molecule has 0 unspecified atom stereocenters. The Morgan fingerprint density at radius 3 is 2.36 bits per heavy atom. The molecular formula is C36H34N4O3S. The van der Waals surface area contributed by atoms with Crippen LogP contribution in [-0.2, 0) is 4.79 Å². The number of para-hydroxylation sites is 1. The van der Waals surface area contributed by atoms with Gasteiger partial charge in [0.05, 0.1) is 29.0 Å². The first-order chi connectivity index (χ1) is 21.2. The molecule has 1 N–H and O–H groups in total. The third-order valence-electron chi connectivity index (χ3n) is 8.10. The zero-order valence-corrected chi connectivity index (χ0v) is 26.5. The van der Waals surface area contributed by atoms with Crippen molar-refractivity contribution < 1.29 is 9.53 Å². The Kier molecular flexibility index (Phi) is 7.69. The van der Waals surface area contributed by atoms with Gasteiger partial charge in [-0.05, 0) is 93.8 Å². The first-order valence-corrected chi connectivity index (χ1v) is 15.3. The van der Waals surface area contributed by atoms with E-state index in [4.69, 9.17) is 9.73 Å². The SMILES string of the molecule is COc1ccc([C@H]2C(C(=O)Nc3ccc(C)cc3C)=C(C)N=c3s/c(=C\c4cc(C)n(-c5ccccc5)c4C)c(=O)n32)cc1. The molecule has 0 fully saturated rings. The van der Waals surface area contributed by atoms with Gasteiger partial charge in [-0.3, -0.25) is 14.2 Å². The van der Waals surface area contributed by atoms with E-state index in [0.717, 1.165) is 45.0 Å². The number of nitrogens with one attached hydrogen (secondary N) is 1. The van der Waals surface area contributed by atoms with E-state index < -0.39 is 6.04 Å². The summed E-state index contributed by atoms with van der Waals surface area (Å²) < 4.78 is 9.78. The van der Waals surface area contributed by atoms with Gasteiger partial charge in [0.1, 0.15) is 5.75 Å². The molecule has 0 bridgehead atoms. The fraction of sp³-hybridized carbons (Fsp3) is 0.194. The van der Waals surface area contributed by atoms with Crippen LogP contribution in [0.2, 0.25) is 0 Å². The largest absolute Gasteiger partial charge is 0.497 e. The Morgan fingerprint density at radius 1 is 0.955 bits per heavy atom. The van der Waals surface area contributed by atoms with Crippen LogP contribution in [0.4, 0.5) is 5.69 Å². The summed E-state index contributed by atoms with van der Waals surface area (Å²) in [5.74, 6) is 0.400.